The molecule has 0 heterocycles. The molecule has 0 saturated heterocycles. The van der Waals surface area contributed by atoms with E-state index in [1.807, 2.05) is 0 Å². The number of hydrogen-bond acceptors (Lipinski definition) is 3. The lowest BCUT2D eigenvalue weighted by molar-refractivity contribution is -0.110. The van der Waals surface area contributed by atoms with Crippen LogP contribution in [0.25, 0.3) is 0 Å². The molecule has 5 rings (SSSR count). The molecule has 3 heteroatoms. The maximum atomic E-state index is 12.0. The Bertz CT molecular complexity index is 822. The van der Waals surface area contributed by atoms with Crippen LogP contribution in [0.1, 0.15) is 64.7 Å². The van der Waals surface area contributed by atoms with Gasteiger partial charge in [0.05, 0.1) is 6.04 Å². The fourth-order valence-corrected chi connectivity index (χ4v) is 8.46. The molecular formula is C29H42N2O. The summed E-state index contributed by atoms with van der Waals surface area (Å²) in [5.41, 5.74) is 9.40. The van der Waals surface area contributed by atoms with Crippen LogP contribution >= 0.6 is 0 Å². The molecule has 0 aromatic heterocycles. The van der Waals surface area contributed by atoms with Crippen LogP contribution in [0, 0.1) is 46.8 Å². The zero-order valence-electron chi connectivity index (χ0n) is 19.8. The van der Waals surface area contributed by atoms with E-state index >= 15 is 0 Å². The van der Waals surface area contributed by atoms with Gasteiger partial charge in [-0.1, -0.05) is 43.7 Å². The number of benzene rings is 1. The van der Waals surface area contributed by atoms with Gasteiger partial charge < -0.3 is 15.8 Å². The van der Waals surface area contributed by atoms with Crippen molar-refractivity contribution < 1.29 is 4.79 Å². The molecule has 3 nitrogen and oxygen atoms in total. The number of nitrogens with one attached hydrogen (secondary N) is 1. The fraction of sp³-hybridized carbons (Fsp3) is 0.690. The first kappa shape index (κ1) is 22.2. The highest BCUT2D eigenvalue weighted by Crippen LogP contribution is 2.73. The third-order valence-electron chi connectivity index (χ3n) is 10.0. The Balaban J connectivity index is 1.21. The summed E-state index contributed by atoms with van der Waals surface area (Å²) in [6, 6.07) is 10.3. The van der Waals surface area contributed by atoms with Crippen LogP contribution < -0.4 is 11.1 Å². The van der Waals surface area contributed by atoms with E-state index in [0.717, 1.165) is 49.3 Å². The lowest BCUT2D eigenvalue weighted by atomic mass is 9.77. The lowest BCUT2D eigenvalue weighted by Crippen LogP contribution is -2.37. The summed E-state index contributed by atoms with van der Waals surface area (Å²) in [6.45, 7) is 7.95. The van der Waals surface area contributed by atoms with Gasteiger partial charge in [-0.25, -0.2) is 0 Å². The van der Waals surface area contributed by atoms with Crippen molar-refractivity contribution >= 4 is 12.0 Å². The minimum Gasteiger partial charge on any atom is -0.385 e. The van der Waals surface area contributed by atoms with E-state index in [4.69, 9.17) is 5.73 Å². The van der Waals surface area contributed by atoms with Gasteiger partial charge in [0, 0.05) is 12.2 Å². The number of allylic oxidation sites excluding steroid dienone is 1. The van der Waals surface area contributed by atoms with Crippen molar-refractivity contribution in [2.75, 3.05) is 11.9 Å². The predicted octanol–water partition coefficient (Wildman–Crippen LogP) is 6.07. The first-order chi connectivity index (χ1) is 15.5. The molecule has 0 amide bonds. The third kappa shape index (κ3) is 3.95. The molecule has 3 N–H and O–H groups in total. The highest BCUT2D eigenvalue weighted by Gasteiger charge is 2.70. The average Bonchev–Trinajstić information content (AvgIpc) is 3.07. The second kappa shape index (κ2) is 8.97. The maximum absolute atomic E-state index is 12.0. The van der Waals surface area contributed by atoms with Crippen LogP contribution in [0.15, 0.2) is 42.5 Å². The predicted molar refractivity (Wildman–Crippen MR) is 132 cm³/mol. The molecule has 4 saturated carbocycles. The van der Waals surface area contributed by atoms with Crippen molar-refractivity contribution in [3.05, 3.63) is 42.5 Å². The van der Waals surface area contributed by atoms with E-state index in [-0.39, 0.29) is 11.5 Å². The number of nitrogens with two attached hydrogens (primary N) is 1. The molecule has 0 spiro atoms. The summed E-state index contributed by atoms with van der Waals surface area (Å²) in [7, 11) is 0. The fourth-order valence-electron chi connectivity index (χ4n) is 8.46. The molecule has 0 bridgehead atoms. The zero-order valence-corrected chi connectivity index (χ0v) is 19.8. The lowest BCUT2D eigenvalue weighted by Gasteiger charge is -2.29. The van der Waals surface area contributed by atoms with E-state index in [0.29, 0.717) is 17.8 Å². The number of aldehydes is 1. The molecule has 0 radical (unpaired) electrons. The van der Waals surface area contributed by atoms with Gasteiger partial charge in [-0.2, -0.15) is 0 Å². The number of hydrogen-bond donors (Lipinski definition) is 2. The number of carbonyl (C=O) groups is 1. The Labute approximate surface area is 194 Å². The molecule has 174 valence electrons. The van der Waals surface area contributed by atoms with E-state index < -0.39 is 0 Å². The molecule has 4 fully saturated rings. The smallest absolute Gasteiger partial charge is 0.137 e. The first-order valence-electron chi connectivity index (χ1n) is 13.2. The minimum absolute atomic E-state index is 0.0792. The molecular weight excluding hydrogens is 392 g/mol. The first-order valence-corrected chi connectivity index (χ1v) is 13.2. The number of fused-ring (bicyclic) bond motifs is 3. The summed E-state index contributed by atoms with van der Waals surface area (Å²) in [5, 5.41) is 3.63. The second-order valence-electron chi connectivity index (χ2n) is 11.8. The van der Waals surface area contributed by atoms with Crippen molar-refractivity contribution in [1.29, 1.82) is 0 Å². The van der Waals surface area contributed by atoms with Gasteiger partial charge in [0.2, 0.25) is 0 Å². The summed E-state index contributed by atoms with van der Waals surface area (Å²) in [4.78, 5) is 12.0. The summed E-state index contributed by atoms with van der Waals surface area (Å²) >= 11 is 0. The summed E-state index contributed by atoms with van der Waals surface area (Å²) in [6.07, 6.45) is 12.5. The standard InChI is InChI=1S/C29H42N2O/c1-19-14-24-20(2)8-11-26-28(25(24)15-19)29(26,27(30)18-32)13-12-21-9-10-22(16-21)17-31-23-6-4-3-5-7-23/h3-7,18-19,21-22,24-28,31H,2,8-17,30H2,1H3. The van der Waals surface area contributed by atoms with Crippen LogP contribution in [-0.2, 0) is 4.79 Å². The average molecular weight is 435 g/mol. The van der Waals surface area contributed by atoms with Crippen molar-refractivity contribution in [3.63, 3.8) is 0 Å². The van der Waals surface area contributed by atoms with Crippen molar-refractivity contribution in [1.82, 2.24) is 0 Å². The van der Waals surface area contributed by atoms with Crippen LogP contribution in [0.4, 0.5) is 5.69 Å². The van der Waals surface area contributed by atoms with Gasteiger partial charge in [-0.3, -0.25) is 0 Å². The quantitative estimate of drug-likeness (QED) is 0.386. The Morgan fingerprint density at radius 3 is 2.72 bits per heavy atom. The van der Waals surface area contributed by atoms with Gasteiger partial charge in [0.1, 0.15) is 6.29 Å². The second-order valence-corrected chi connectivity index (χ2v) is 11.8. The van der Waals surface area contributed by atoms with Crippen molar-refractivity contribution in [2.24, 2.45) is 52.6 Å². The van der Waals surface area contributed by atoms with Gasteiger partial charge >= 0.3 is 0 Å². The van der Waals surface area contributed by atoms with E-state index in [1.54, 1.807) is 0 Å². The number of rotatable bonds is 8. The molecule has 9 unspecified atom stereocenters. The Morgan fingerprint density at radius 2 is 1.94 bits per heavy atom. The van der Waals surface area contributed by atoms with Gasteiger partial charge in [-0.05, 0) is 110 Å². The Kier molecular flexibility index (Phi) is 6.22. The van der Waals surface area contributed by atoms with Gasteiger partial charge in [-0.15, -0.1) is 0 Å². The molecule has 4 aliphatic rings. The van der Waals surface area contributed by atoms with Crippen LogP contribution in [0.2, 0.25) is 0 Å². The number of carbonyl (C=O) groups excluding carboxylic acids is 1. The highest BCUT2D eigenvalue weighted by atomic mass is 16.1. The minimum atomic E-state index is -0.280. The Morgan fingerprint density at radius 1 is 1.16 bits per heavy atom. The number of para-hydroxylation sites is 1. The molecule has 1 aromatic carbocycles. The monoisotopic (exact) mass is 434 g/mol. The SMILES string of the molecule is C=C1CCC2C(C3CC(C)CC13)C2(CCC1CCC(CNc2ccccc2)C1)C(N)C=O. The summed E-state index contributed by atoms with van der Waals surface area (Å²) < 4.78 is 0. The van der Waals surface area contributed by atoms with Crippen molar-refractivity contribution in [2.45, 2.75) is 70.8 Å². The van der Waals surface area contributed by atoms with E-state index in [1.165, 1.54) is 56.2 Å². The topological polar surface area (TPSA) is 55.1 Å². The summed E-state index contributed by atoms with van der Waals surface area (Å²) in [5.74, 6) is 5.07. The molecule has 4 aliphatic carbocycles. The zero-order chi connectivity index (χ0) is 22.3. The number of anilines is 1. The third-order valence-corrected chi connectivity index (χ3v) is 10.0. The largest absolute Gasteiger partial charge is 0.385 e. The maximum Gasteiger partial charge on any atom is 0.137 e. The Hall–Kier alpha value is -1.61. The molecule has 1 aromatic rings. The molecule has 9 atom stereocenters. The van der Waals surface area contributed by atoms with Gasteiger partial charge in [0.25, 0.3) is 0 Å². The highest BCUT2D eigenvalue weighted by molar-refractivity contribution is 5.61. The molecule has 0 aliphatic heterocycles. The van der Waals surface area contributed by atoms with Crippen molar-refractivity contribution in [3.8, 4) is 0 Å². The van der Waals surface area contributed by atoms with Crippen LogP contribution in [-0.4, -0.2) is 18.9 Å². The van der Waals surface area contributed by atoms with E-state index in [2.05, 4.69) is 49.2 Å². The van der Waals surface area contributed by atoms with Gasteiger partial charge in [0.15, 0.2) is 0 Å². The van der Waals surface area contributed by atoms with E-state index in [9.17, 15) is 4.79 Å². The van der Waals surface area contributed by atoms with Crippen LogP contribution in [0.3, 0.4) is 0 Å². The molecule has 32 heavy (non-hydrogen) atoms. The van der Waals surface area contributed by atoms with Crippen LogP contribution in [0.5, 0.6) is 0 Å². The normalized spacial score (nSPS) is 41.4.